The molecule has 2 aromatic rings. The van der Waals surface area contributed by atoms with Crippen molar-refractivity contribution in [2.24, 2.45) is 0 Å². The molecule has 1 fully saturated rings. The molecular weight excluding hydrogens is 322 g/mol. The summed E-state index contributed by atoms with van der Waals surface area (Å²) in [4.78, 5) is 18.8. The number of carbonyl (C=O) groups excluding carboxylic acids is 1. The fourth-order valence-corrected chi connectivity index (χ4v) is 3.97. The Labute approximate surface area is 146 Å². The van der Waals surface area contributed by atoms with Gasteiger partial charge in [0, 0.05) is 42.8 Å². The van der Waals surface area contributed by atoms with E-state index in [-0.39, 0.29) is 12.1 Å². The van der Waals surface area contributed by atoms with E-state index < -0.39 is 0 Å². The minimum atomic E-state index is -0.0540. The van der Waals surface area contributed by atoms with Gasteiger partial charge in [0.25, 0.3) is 0 Å². The third-order valence-electron chi connectivity index (χ3n) is 4.67. The Hall–Kier alpha value is -1.89. The zero-order chi connectivity index (χ0) is 17.1. The quantitative estimate of drug-likeness (QED) is 0.923. The van der Waals surface area contributed by atoms with Gasteiger partial charge in [-0.15, -0.1) is 11.3 Å². The van der Waals surface area contributed by atoms with Crippen molar-refractivity contribution in [1.82, 2.24) is 25.0 Å². The minimum Gasteiger partial charge on any atom is -0.330 e. The summed E-state index contributed by atoms with van der Waals surface area (Å²) in [6.07, 6.45) is 3.85. The Morgan fingerprint density at radius 2 is 2.21 bits per heavy atom. The number of likely N-dealkylation sites (tertiary alicyclic amines) is 1. The lowest BCUT2D eigenvalue weighted by atomic mass is 9.93. The Morgan fingerprint density at radius 1 is 1.46 bits per heavy atom. The van der Waals surface area contributed by atoms with Gasteiger partial charge in [-0.2, -0.15) is 5.10 Å². The monoisotopic (exact) mass is 347 g/mol. The van der Waals surface area contributed by atoms with Crippen LogP contribution in [0.15, 0.2) is 17.6 Å². The molecule has 1 N–H and O–H groups in total. The van der Waals surface area contributed by atoms with Crippen LogP contribution in [0.3, 0.4) is 0 Å². The standard InChI is InChI=1S/C17H25N5OS/c1-4-22-16(5-8-18-22)14-6-9-21(10-7-14)17(23)19-12(2)15-11-24-13(3)20-15/h5,8,11-12,14H,4,6-7,9-10H2,1-3H3,(H,19,23). The number of nitrogens with one attached hydrogen (secondary N) is 1. The number of amides is 2. The second-order valence-corrected chi connectivity index (χ2v) is 7.36. The Morgan fingerprint density at radius 3 is 2.83 bits per heavy atom. The highest BCUT2D eigenvalue weighted by Crippen LogP contribution is 2.28. The largest absolute Gasteiger partial charge is 0.330 e. The van der Waals surface area contributed by atoms with E-state index >= 15 is 0 Å². The molecule has 0 radical (unpaired) electrons. The van der Waals surface area contributed by atoms with Gasteiger partial charge >= 0.3 is 6.03 Å². The number of hydrogen-bond donors (Lipinski definition) is 1. The van der Waals surface area contributed by atoms with Gasteiger partial charge in [0.2, 0.25) is 0 Å². The smallest absolute Gasteiger partial charge is 0.317 e. The van der Waals surface area contributed by atoms with Crippen molar-refractivity contribution >= 4 is 17.4 Å². The van der Waals surface area contributed by atoms with Gasteiger partial charge in [-0.1, -0.05) is 0 Å². The van der Waals surface area contributed by atoms with Gasteiger partial charge in [-0.3, -0.25) is 4.68 Å². The van der Waals surface area contributed by atoms with Crippen LogP contribution in [0.2, 0.25) is 0 Å². The average Bonchev–Trinajstić information content (AvgIpc) is 3.23. The first kappa shape index (κ1) is 17.0. The molecule has 7 heteroatoms. The first-order chi connectivity index (χ1) is 11.6. The molecule has 1 saturated heterocycles. The van der Waals surface area contributed by atoms with Gasteiger partial charge in [0.15, 0.2) is 0 Å². The fraction of sp³-hybridized carbons (Fsp3) is 0.588. The SMILES string of the molecule is CCn1nccc1C1CCN(C(=O)NC(C)c2csc(C)n2)CC1. The number of piperidine rings is 1. The second kappa shape index (κ2) is 7.34. The van der Waals surface area contributed by atoms with Crippen LogP contribution in [0.5, 0.6) is 0 Å². The van der Waals surface area contributed by atoms with Crippen LogP contribution in [0.4, 0.5) is 4.79 Å². The maximum absolute atomic E-state index is 12.5. The summed E-state index contributed by atoms with van der Waals surface area (Å²) in [6, 6.07) is 2.06. The van der Waals surface area contributed by atoms with Crippen LogP contribution in [0.25, 0.3) is 0 Å². The van der Waals surface area contributed by atoms with Gasteiger partial charge in [0.1, 0.15) is 0 Å². The van der Waals surface area contributed by atoms with Crippen molar-refractivity contribution in [1.29, 1.82) is 0 Å². The van der Waals surface area contributed by atoms with E-state index in [9.17, 15) is 4.79 Å². The summed E-state index contributed by atoms with van der Waals surface area (Å²) >= 11 is 1.61. The van der Waals surface area contributed by atoms with Crippen molar-refractivity contribution < 1.29 is 4.79 Å². The molecule has 0 saturated carbocycles. The normalized spacial score (nSPS) is 17.0. The molecule has 6 nitrogen and oxygen atoms in total. The Bertz CT molecular complexity index is 687. The number of carbonyl (C=O) groups is 1. The van der Waals surface area contributed by atoms with E-state index in [0.717, 1.165) is 43.2 Å². The highest BCUT2D eigenvalue weighted by molar-refractivity contribution is 7.09. The Kier molecular flexibility index (Phi) is 5.18. The van der Waals surface area contributed by atoms with E-state index in [1.807, 2.05) is 30.3 Å². The molecule has 0 aliphatic carbocycles. The molecular formula is C17H25N5OS. The highest BCUT2D eigenvalue weighted by Gasteiger charge is 2.26. The summed E-state index contributed by atoms with van der Waals surface area (Å²) in [5.41, 5.74) is 2.23. The summed E-state index contributed by atoms with van der Waals surface area (Å²) in [5, 5.41) is 10.5. The van der Waals surface area contributed by atoms with E-state index in [0.29, 0.717) is 5.92 Å². The highest BCUT2D eigenvalue weighted by atomic mass is 32.1. The molecule has 0 aromatic carbocycles. The summed E-state index contributed by atoms with van der Waals surface area (Å²) in [6.45, 7) is 8.55. The summed E-state index contributed by atoms with van der Waals surface area (Å²) in [7, 11) is 0. The third kappa shape index (κ3) is 3.61. The third-order valence-corrected chi connectivity index (χ3v) is 5.46. The molecule has 1 aliphatic rings. The van der Waals surface area contributed by atoms with Crippen LogP contribution in [0.1, 0.15) is 55.0 Å². The van der Waals surface area contributed by atoms with E-state index in [1.54, 1.807) is 11.3 Å². The first-order valence-corrected chi connectivity index (χ1v) is 9.45. The Balaban J connectivity index is 1.53. The van der Waals surface area contributed by atoms with Gasteiger partial charge in [0.05, 0.1) is 16.7 Å². The number of nitrogens with zero attached hydrogens (tertiary/aromatic N) is 4. The molecule has 0 spiro atoms. The van der Waals surface area contributed by atoms with Crippen LogP contribution in [0, 0.1) is 6.92 Å². The van der Waals surface area contributed by atoms with Crippen molar-refractivity contribution in [2.45, 2.75) is 52.1 Å². The zero-order valence-corrected chi connectivity index (χ0v) is 15.3. The molecule has 24 heavy (non-hydrogen) atoms. The maximum Gasteiger partial charge on any atom is 0.317 e. The zero-order valence-electron chi connectivity index (χ0n) is 14.5. The molecule has 2 amide bonds. The molecule has 1 aliphatic heterocycles. The number of rotatable bonds is 4. The predicted molar refractivity (Wildman–Crippen MR) is 95.2 cm³/mol. The number of hydrogen-bond acceptors (Lipinski definition) is 4. The van der Waals surface area contributed by atoms with Gasteiger partial charge in [-0.25, -0.2) is 9.78 Å². The lowest BCUT2D eigenvalue weighted by Gasteiger charge is -2.33. The van der Waals surface area contributed by atoms with Crippen LogP contribution < -0.4 is 5.32 Å². The van der Waals surface area contributed by atoms with E-state index in [2.05, 4.69) is 33.1 Å². The molecule has 1 unspecified atom stereocenters. The maximum atomic E-state index is 12.5. The minimum absolute atomic E-state index is 0.00982. The van der Waals surface area contributed by atoms with Gasteiger partial charge < -0.3 is 10.2 Å². The average molecular weight is 347 g/mol. The number of aromatic nitrogens is 3. The second-order valence-electron chi connectivity index (χ2n) is 6.30. The van der Waals surface area contributed by atoms with E-state index in [1.165, 1.54) is 5.69 Å². The molecule has 2 aromatic heterocycles. The topological polar surface area (TPSA) is 63.1 Å². The first-order valence-electron chi connectivity index (χ1n) is 8.57. The van der Waals surface area contributed by atoms with Crippen LogP contribution in [-0.4, -0.2) is 38.8 Å². The van der Waals surface area contributed by atoms with E-state index in [4.69, 9.17) is 0 Å². The molecule has 130 valence electrons. The summed E-state index contributed by atoms with van der Waals surface area (Å²) < 4.78 is 2.06. The molecule has 0 bridgehead atoms. The van der Waals surface area contributed by atoms with Crippen molar-refractivity contribution in [3.05, 3.63) is 34.0 Å². The number of thiazole rings is 1. The number of aryl methyl sites for hydroxylation is 2. The fourth-order valence-electron chi connectivity index (χ4n) is 3.26. The summed E-state index contributed by atoms with van der Waals surface area (Å²) in [5.74, 6) is 0.495. The van der Waals surface area contributed by atoms with Crippen LogP contribution in [-0.2, 0) is 6.54 Å². The molecule has 1 atom stereocenters. The van der Waals surface area contributed by atoms with Crippen molar-refractivity contribution in [3.8, 4) is 0 Å². The lowest BCUT2D eigenvalue weighted by Crippen LogP contribution is -2.45. The molecule has 3 rings (SSSR count). The van der Waals surface area contributed by atoms with Crippen molar-refractivity contribution in [3.63, 3.8) is 0 Å². The lowest BCUT2D eigenvalue weighted by molar-refractivity contribution is 0.177. The number of urea groups is 1. The molecule has 3 heterocycles. The van der Waals surface area contributed by atoms with Crippen LogP contribution >= 0.6 is 11.3 Å². The van der Waals surface area contributed by atoms with Crippen molar-refractivity contribution in [2.75, 3.05) is 13.1 Å². The van der Waals surface area contributed by atoms with Gasteiger partial charge in [-0.05, 0) is 39.7 Å². The predicted octanol–water partition coefficient (Wildman–Crippen LogP) is 3.32.